The highest BCUT2D eigenvalue weighted by Gasteiger charge is 2.46. The maximum atomic E-state index is 13.3. The third kappa shape index (κ3) is 5.71. The lowest BCUT2D eigenvalue weighted by molar-refractivity contribution is -0.140. The molecule has 0 unspecified atom stereocenters. The summed E-state index contributed by atoms with van der Waals surface area (Å²) < 4.78 is 5.65. The van der Waals surface area contributed by atoms with Crippen LogP contribution in [0.3, 0.4) is 0 Å². The highest BCUT2D eigenvalue weighted by Crippen LogP contribution is 2.40. The third-order valence-electron chi connectivity index (χ3n) is 6.82. The van der Waals surface area contributed by atoms with Crippen LogP contribution in [0.5, 0.6) is 5.75 Å². The van der Waals surface area contributed by atoms with Gasteiger partial charge in [-0.3, -0.25) is 9.59 Å². The standard InChI is InChI=1S/C30H38N2O4/c1-7-18-36-25-15-14-24(19-21(25)6)28(33)26-27(23-12-10-22(11-13-23)20(4)5)32(30(35)29(26)34)17-16-31(8-2)9-3/h7,10-15,19-20,27,33H,1,8-9,16-18H2,2-6H3/t27-/m1/s1. The first-order chi connectivity index (χ1) is 17.2. The van der Waals surface area contributed by atoms with Crippen molar-refractivity contribution in [2.75, 3.05) is 32.8 Å². The Bertz CT molecular complexity index is 1130. The number of aliphatic hydroxyl groups excluding tert-OH is 1. The molecule has 1 heterocycles. The number of benzene rings is 2. The molecule has 6 heteroatoms. The van der Waals surface area contributed by atoms with E-state index in [1.807, 2.05) is 31.2 Å². The quantitative estimate of drug-likeness (QED) is 0.196. The molecule has 0 radical (unpaired) electrons. The van der Waals surface area contributed by atoms with Crippen LogP contribution in [-0.4, -0.2) is 59.4 Å². The fourth-order valence-corrected chi connectivity index (χ4v) is 4.57. The van der Waals surface area contributed by atoms with Gasteiger partial charge in [0.15, 0.2) is 0 Å². The van der Waals surface area contributed by atoms with Gasteiger partial charge >= 0.3 is 0 Å². The molecule has 0 spiro atoms. The number of carbonyl (C=O) groups is 2. The number of likely N-dealkylation sites (tertiary alicyclic amines) is 1. The van der Waals surface area contributed by atoms with E-state index in [0.29, 0.717) is 36.9 Å². The Morgan fingerprint density at radius 2 is 1.81 bits per heavy atom. The number of hydrogen-bond donors (Lipinski definition) is 1. The number of aryl methyl sites for hydroxylation is 1. The monoisotopic (exact) mass is 490 g/mol. The molecule has 1 N–H and O–H groups in total. The number of ether oxygens (including phenoxy) is 1. The third-order valence-corrected chi connectivity index (χ3v) is 6.82. The summed E-state index contributed by atoms with van der Waals surface area (Å²) in [6, 6.07) is 12.6. The summed E-state index contributed by atoms with van der Waals surface area (Å²) in [4.78, 5) is 30.3. The van der Waals surface area contributed by atoms with E-state index < -0.39 is 17.7 Å². The summed E-state index contributed by atoms with van der Waals surface area (Å²) >= 11 is 0. The smallest absolute Gasteiger partial charge is 0.295 e. The molecule has 36 heavy (non-hydrogen) atoms. The molecular formula is C30H38N2O4. The predicted octanol–water partition coefficient (Wildman–Crippen LogP) is 5.45. The second-order valence-corrected chi connectivity index (χ2v) is 9.42. The van der Waals surface area contributed by atoms with E-state index in [0.717, 1.165) is 24.2 Å². The Hall–Kier alpha value is -3.38. The summed E-state index contributed by atoms with van der Waals surface area (Å²) in [5, 5.41) is 11.4. The van der Waals surface area contributed by atoms with Crippen LogP contribution in [0, 0.1) is 6.92 Å². The number of rotatable bonds is 11. The van der Waals surface area contributed by atoms with Gasteiger partial charge in [-0.25, -0.2) is 0 Å². The van der Waals surface area contributed by atoms with Crippen LogP contribution in [0.2, 0.25) is 0 Å². The molecule has 1 aliphatic heterocycles. The Balaban J connectivity index is 2.08. The minimum atomic E-state index is -0.658. The van der Waals surface area contributed by atoms with E-state index in [1.54, 1.807) is 29.2 Å². The molecule has 1 atom stereocenters. The summed E-state index contributed by atoms with van der Waals surface area (Å²) in [7, 11) is 0. The van der Waals surface area contributed by atoms with Crippen molar-refractivity contribution in [2.24, 2.45) is 0 Å². The molecule has 1 fully saturated rings. The van der Waals surface area contributed by atoms with Gasteiger partial charge in [0.1, 0.15) is 18.1 Å². The van der Waals surface area contributed by atoms with Crippen molar-refractivity contribution in [3.63, 3.8) is 0 Å². The average molecular weight is 491 g/mol. The van der Waals surface area contributed by atoms with Gasteiger partial charge in [-0.1, -0.05) is 64.6 Å². The lowest BCUT2D eigenvalue weighted by atomic mass is 9.93. The molecule has 1 aliphatic rings. The van der Waals surface area contributed by atoms with Gasteiger partial charge in [-0.05, 0) is 60.8 Å². The zero-order valence-electron chi connectivity index (χ0n) is 22.1. The first-order valence-electron chi connectivity index (χ1n) is 12.7. The number of ketones is 1. The molecule has 3 rings (SSSR count). The van der Waals surface area contributed by atoms with E-state index in [-0.39, 0.29) is 11.3 Å². The number of Topliss-reactive ketones (excluding diaryl/α,β-unsaturated/α-hetero) is 1. The highest BCUT2D eigenvalue weighted by atomic mass is 16.5. The Morgan fingerprint density at radius 1 is 1.14 bits per heavy atom. The SMILES string of the molecule is C=CCOc1ccc(C(O)=C2C(=O)C(=O)N(CCN(CC)CC)[C@@H]2c2ccc(C(C)C)cc2)cc1C. The number of amides is 1. The number of aliphatic hydroxyl groups is 1. The fraction of sp³-hybridized carbons (Fsp3) is 0.400. The molecule has 192 valence electrons. The molecular weight excluding hydrogens is 452 g/mol. The van der Waals surface area contributed by atoms with E-state index in [9.17, 15) is 14.7 Å². The van der Waals surface area contributed by atoms with E-state index in [2.05, 4.69) is 39.2 Å². The lowest BCUT2D eigenvalue weighted by Gasteiger charge is -2.28. The van der Waals surface area contributed by atoms with Crippen LogP contribution in [0.15, 0.2) is 60.7 Å². The topological polar surface area (TPSA) is 70.1 Å². The fourth-order valence-electron chi connectivity index (χ4n) is 4.57. The minimum Gasteiger partial charge on any atom is -0.507 e. The Morgan fingerprint density at radius 3 is 2.36 bits per heavy atom. The summed E-state index contributed by atoms with van der Waals surface area (Å²) in [5.41, 5.74) is 3.39. The maximum Gasteiger partial charge on any atom is 0.295 e. The van der Waals surface area contributed by atoms with Crippen LogP contribution >= 0.6 is 0 Å². The molecule has 0 saturated carbocycles. The molecule has 0 aliphatic carbocycles. The Kier molecular flexibility index (Phi) is 9.10. The zero-order chi connectivity index (χ0) is 26.4. The minimum absolute atomic E-state index is 0.121. The lowest BCUT2D eigenvalue weighted by Crippen LogP contribution is -2.38. The van der Waals surface area contributed by atoms with Crippen molar-refractivity contribution in [1.29, 1.82) is 0 Å². The van der Waals surface area contributed by atoms with Crippen LogP contribution in [-0.2, 0) is 9.59 Å². The van der Waals surface area contributed by atoms with E-state index in [1.165, 1.54) is 5.56 Å². The molecule has 6 nitrogen and oxygen atoms in total. The number of likely N-dealkylation sites (N-methyl/N-ethyl adjacent to an activating group) is 1. The number of nitrogens with zero attached hydrogens (tertiary/aromatic N) is 2. The van der Waals surface area contributed by atoms with Crippen molar-refractivity contribution in [3.8, 4) is 5.75 Å². The number of hydrogen-bond acceptors (Lipinski definition) is 5. The van der Waals surface area contributed by atoms with Gasteiger partial charge in [0, 0.05) is 18.7 Å². The van der Waals surface area contributed by atoms with E-state index in [4.69, 9.17) is 4.74 Å². The first kappa shape index (κ1) is 27.2. The summed E-state index contributed by atoms with van der Waals surface area (Å²) in [5.74, 6) is -0.376. The Labute approximate surface area is 214 Å². The first-order valence-corrected chi connectivity index (χ1v) is 12.7. The van der Waals surface area contributed by atoms with Gasteiger partial charge in [0.25, 0.3) is 11.7 Å². The molecule has 2 aromatic carbocycles. The van der Waals surface area contributed by atoms with Crippen molar-refractivity contribution < 1.29 is 19.4 Å². The largest absolute Gasteiger partial charge is 0.507 e. The highest BCUT2D eigenvalue weighted by molar-refractivity contribution is 6.46. The molecule has 0 bridgehead atoms. The number of carbonyl (C=O) groups excluding carboxylic acids is 2. The molecule has 0 aromatic heterocycles. The van der Waals surface area contributed by atoms with Gasteiger partial charge < -0.3 is 19.6 Å². The van der Waals surface area contributed by atoms with Gasteiger partial charge in [-0.15, -0.1) is 0 Å². The van der Waals surface area contributed by atoms with Gasteiger partial charge in [0.05, 0.1) is 11.6 Å². The second kappa shape index (κ2) is 12.0. The van der Waals surface area contributed by atoms with Crippen LogP contribution in [0.4, 0.5) is 0 Å². The van der Waals surface area contributed by atoms with Crippen LogP contribution in [0.25, 0.3) is 5.76 Å². The van der Waals surface area contributed by atoms with Crippen molar-refractivity contribution >= 4 is 17.4 Å². The van der Waals surface area contributed by atoms with Crippen LogP contribution < -0.4 is 4.74 Å². The zero-order valence-corrected chi connectivity index (χ0v) is 22.1. The summed E-state index contributed by atoms with van der Waals surface area (Å²) in [6.45, 7) is 17.1. The second-order valence-electron chi connectivity index (χ2n) is 9.42. The van der Waals surface area contributed by atoms with Crippen LogP contribution in [0.1, 0.15) is 61.9 Å². The normalized spacial score (nSPS) is 17.3. The molecule has 2 aromatic rings. The van der Waals surface area contributed by atoms with Crippen molar-refractivity contribution in [1.82, 2.24) is 9.80 Å². The molecule has 1 saturated heterocycles. The van der Waals surface area contributed by atoms with Gasteiger partial charge in [0.2, 0.25) is 0 Å². The molecule has 1 amide bonds. The van der Waals surface area contributed by atoms with Crippen molar-refractivity contribution in [2.45, 2.75) is 46.6 Å². The van der Waals surface area contributed by atoms with Gasteiger partial charge in [-0.2, -0.15) is 0 Å². The van der Waals surface area contributed by atoms with E-state index >= 15 is 0 Å². The maximum absolute atomic E-state index is 13.3. The summed E-state index contributed by atoms with van der Waals surface area (Å²) in [6.07, 6.45) is 1.66. The van der Waals surface area contributed by atoms with Crippen molar-refractivity contribution in [3.05, 3.63) is 82.9 Å². The average Bonchev–Trinajstić information content (AvgIpc) is 3.13. The predicted molar refractivity (Wildman–Crippen MR) is 144 cm³/mol.